The third-order valence-corrected chi connectivity index (χ3v) is 19.2. The fourth-order valence-electron chi connectivity index (χ4n) is 13.1. The van der Waals surface area contributed by atoms with Crippen LogP contribution in [0.25, 0.3) is 0 Å². The van der Waals surface area contributed by atoms with Crippen molar-refractivity contribution >= 4 is 17.9 Å². The van der Waals surface area contributed by atoms with Gasteiger partial charge >= 0.3 is 17.9 Å². The van der Waals surface area contributed by atoms with Gasteiger partial charge in [0.25, 0.3) is 0 Å². The van der Waals surface area contributed by atoms with E-state index in [1.165, 1.54) is 0 Å². The van der Waals surface area contributed by atoms with Crippen molar-refractivity contribution in [1.82, 2.24) is 0 Å². The Bertz CT molecular complexity index is 1950. The second-order valence-electron chi connectivity index (χ2n) is 23.8. The molecule has 0 aromatic rings. The molecule has 0 bridgehead atoms. The highest BCUT2D eigenvalue weighted by molar-refractivity contribution is 5.87. The highest BCUT2D eigenvalue weighted by atomic mass is 16.7. The molecular formula is C53H88O18. The van der Waals surface area contributed by atoms with Crippen LogP contribution in [0.5, 0.6) is 0 Å². The quantitative estimate of drug-likeness (QED) is 0.0407. The lowest BCUT2D eigenvalue weighted by molar-refractivity contribution is -0.357. The molecule has 0 aromatic carbocycles. The Balaban J connectivity index is 1.47. The van der Waals surface area contributed by atoms with Gasteiger partial charge in [-0.3, -0.25) is 4.79 Å². The second-order valence-corrected chi connectivity index (χ2v) is 23.8. The van der Waals surface area contributed by atoms with E-state index >= 15 is 0 Å². The maximum Gasteiger partial charge on any atom is 0.335 e. The van der Waals surface area contributed by atoms with Crippen molar-refractivity contribution in [2.45, 2.75) is 228 Å². The lowest BCUT2D eigenvalue weighted by Crippen LogP contribution is -2.68. The van der Waals surface area contributed by atoms with Crippen LogP contribution in [0, 0.1) is 50.2 Å². The zero-order chi connectivity index (χ0) is 53.7. The van der Waals surface area contributed by atoms with Gasteiger partial charge in [-0.05, 0) is 93.8 Å². The number of aliphatic hydroxyl groups is 8. The van der Waals surface area contributed by atoms with E-state index in [1.807, 2.05) is 41.5 Å². The summed E-state index contributed by atoms with van der Waals surface area (Å²) >= 11 is 0. The van der Waals surface area contributed by atoms with Crippen LogP contribution in [-0.2, 0) is 42.8 Å². The number of hydrogen-bond acceptors (Lipinski definition) is 17. The van der Waals surface area contributed by atoms with E-state index < -0.39 is 155 Å². The summed E-state index contributed by atoms with van der Waals surface area (Å²) in [6.07, 6.45) is -14.4. The number of carbonyl (C=O) groups excluding carboxylic acids is 2. The molecule has 0 radical (unpaired) electrons. The molecule has 9 N–H and O–H groups in total. The summed E-state index contributed by atoms with van der Waals surface area (Å²) in [5.41, 5.74) is -4.30. The summed E-state index contributed by atoms with van der Waals surface area (Å²) in [5.74, 6) is -3.48. The lowest BCUT2D eigenvalue weighted by atomic mass is 9.36. The molecule has 18 heteroatoms. The van der Waals surface area contributed by atoms with E-state index in [2.05, 4.69) is 33.8 Å². The topological polar surface area (TPSA) is 289 Å². The number of rotatable bonds is 18. The predicted molar refractivity (Wildman–Crippen MR) is 258 cm³/mol. The third-order valence-electron chi connectivity index (χ3n) is 19.2. The lowest BCUT2D eigenvalue weighted by Gasteiger charge is -2.69. The van der Waals surface area contributed by atoms with E-state index in [0.29, 0.717) is 50.5 Å². The molecule has 21 atom stereocenters. The van der Waals surface area contributed by atoms with Crippen molar-refractivity contribution in [2.75, 3.05) is 13.2 Å². The Hall–Kier alpha value is -2.59. The van der Waals surface area contributed by atoms with E-state index in [9.17, 15) is 60.3 Å². The maximum absolute atomic E-state index is 13.8. The number of aliphatic hydroxyl groups excluding tert-OH is 8. The van der Waals surface area contributed by atoms with Crippen LogP contribution in [0.2, 0.25) is 0 Å². The van der Waals surface area contributed by atoms with Crippen LogP contribution in [0.15, 0.2) is 23.3 Å². The van der Waals surface area contributed by atoms with Crippen molar-refractivity contribution in [2.24, 2.45) is 50.2 Å². The van der Waals surface area contributed by atoms with E-state index in [-0.39, 0.29) is 11.8 Å². The molecule has 0 aromatic heterocycles. The largest absolute Gasteiger partial charge is 0.479 e. The minimum Gasteiger partial charge on any atom is -0.479 e. The molecule has 2 saturated carbocycles. The fraction of sp³-hybridized carbons (Fsp3) is 0.868. The van der Waals surface area contributed by atoms with Crippen molar-refractivity contribution in [3.05, 3.63) is 23.3 Å². The number of carboxylic acids is 1. The Morgan fingerprint density at radius 1 is 0.873 bits per heavy atom. The van der Waals surface area contributed by atoms with Crippen molar-refractivity contribution in [3.8, 4) is 0 Å². The summed E-state index contributed by atoms with van der Waals surface area (Å²) < 4.78 is 36.0. The van der Waals surface area contributed by atoms with Crippen molar-refractivity contribution < 1.29 is 88.8 Å². The SMILES string of the molecule is C/C=C(/C)C(=O)O[C@@H]([C@H](OC(=O)C(C)CC)[C@](C)(CO)[C@H](O)[C@H](O)[C@]1(C)C(C)=CCC2[C@@]3(C)CCC(OC4OC(C(=O)O)C(O)C(OC5OCC(O)C(O)C5O)C4O)C(C)(C)C3CC[C@]21C)C(C)(C)CC. The highest BCUT2D eigenvalue weighted by Gasteiger charge is 2.69. The van der Waals surface area contributed by atoms with Crippen LogP contribution in [0.4, 0.5) is 0 Å². The number of esters is 2. The molecule has 4 fully saturated rings. The molecular weight excluding hydrogens is 925 g/mol. The van der Waals surface area contributed by atoms with Crippen molar-refractivity contribution in [3.63, 3.8) is 0 Å². The van der Waals surface area contributed by atoms with Crippen molar-refractivity contribution in [1.29, 1.82) is 0 Å². The van der Waals surface area contributed by atoms with Gasteiger partial charge in [-0.1, -0.05) is 93.9 Å². The van der Waals surface area contributed by atoms with Crippen LogP contribution < -0.4 is 0 Å². The number of allylic oxidation sites excluding steroid dienone is 2. The average Bonchev–Trinajstić information content (AvgIpc) is 3.32. The smallest absolute Gasteiger partial charge is 0.335 e. The van der Waals surface area contributed by atoms with Gasteiger partial charge < -0.3 is 74.4 Å². The first-order chi connectivity index (χ1) is 32.8. The number of fused-ring (bicyclic) bond motifs is 3. The molecule has 2 saturated heterocycles. The third kappa shape index (κ3) is 10.4. The predicted octanol–water partition coefficient (Wildman–Crippen LogP) is 3.93. The van der Waals surface area contributed by atoms with Crippen LogP contribution >= 0.6 is 0 Å². The Morgan fingerprint density at radius 2 is 1.51 bits per heavy atom. The number of carbonyl (C=O) groups is 3. The molecule has 71 heavy (non-hydrogen) atoms. The number of carboxylic acid groups (broad SMARTS) is 1. The Kier molecular flexibility index (Phi) is 18.3. The second kappa shape index (κ2) is 21.9. The molecule has 0 spiro atoms. The number of aliphatic carboxylic acids is 1. The minimum absolute atomic E-state index is 0.0447. The standard InChI is InChI=1S/C53H88O18/c1-15-26(4)44(64)70-41(48(7,8)17-3)42(71-45(65)27(5)16-2)51(12,25-54)39(60)40(61)53(14)28(6)18-19-31-50(11)22-21-32(49(9,10)30(50)20-23-52(31,53)13)67-47-36(59)37(35(58)38(69-47)43(62)63)68-46-34(57)33(56)29(55)24-66-46/h15,18,27,29-42,46-47,54-61H,16-17,19-25H2,1-14H3,(H,62,63)/b26-15-/t27?,29?,30?,31?,32?,33?,34?,35?,36?,37?,38?,39-,40+,41+,42+,46?,47?,50+,51-,52-,53+/m1/s1. The Labute approximate surface area is 420 Å². The van der Waals surface area contributed by atoms with Crippen LogP contribution in [0.3, 0.4) is 0 Å². The summed E-state index contributed by atoms with van der Waals surface area (Å²) in [5, 5.41) is 101. The zero-order valence-corrected chi connectivity index (χ0v) is 44.5. The summed E-state index contributed by atoms with van der Waals surface area (Å²) in [7, 11) is 0. The Morgan fingerprint density at radius 3 is 2.07 bits per heavy atom. The summed E-state index contributed by atoms with van der Waals surface area (Å²) in [6.45, 7) is 25.3. The molecule has 3 aliphatic carbocycles. The van der Waals surface area contributed by atoms with Gasteiger partial charge in [0.15, 0.2) is 18.7 Å². The van der Waals surface area contributed by atoms with E-state index in [1.54, 1.807) is 33.8 Å². The molecule has 408 valence electrons. The first kappa shape index (κ1) is 59.3. The monoisotopic (exact) mass is 1010 g/mol. The summed E-state index contributed by atoms with van der Waals surface area (Å²) in [6, 6.07) is 0. The van der Waals surface area contributed by atoms with Gasteiger partial charge in [-0.2, -0.15) is 0 Å². The van der Waals surface area contributed by atoms with Crippen LogP contribution in [-0.4, -0.2) is 163 Å². The first-order valence-electron chi connectivity index (χ1n) is 25.7. The fourth-order valence-corrected chi connectivity index (χ4v) is 13.1. The van der Waals surface area contributed by atoms with Crippen LogP contribution in [0.1, 0.15) is 142 Å². The van der Waals surface area contributed by atoms with Gasteiger partial charge in [0, 0.05) is 16.4 Å². The average molecular weight is 1010 g/mol. The first-order valence-corrected chi connectivity index (χ1v) is 25.7. The summed E-state index contributed by atoms with van der Waals surface area (Å²) in [4.78, 5) is 39.8. The van der Waals surface area contributed by atoms with E-state index in [0.717, 1.165) is 5.57 Å². The van der Waals surface area contributed by atoms with Gasteiger partial charge in [0.2, 0.25) is 0 Å². The molecule has 2 heterocycles. The zero-order valence-electron chi connectivity index (χ0n) is 44.5. The molecule has 0 amide bonds. The van der Waals surface area contributed by atoms with Gasteiger partial charge in [-0.25, -0.2) is 9.59 Å². The molecule has 18 nitrogen and oxygen atoms in total. The molecule has 13 unspecified atom stereocenters. The normalized spacial score (nSPS) is 40.6. The number of hydrogen-bond donors (Lipinski definition) is 9. The van der Waals surface area contributed by atoms with Gasteiger partial charge in [0.1, 0.15) is 48.8 Å². The molecule has 2 aliphatic heterocycles. The van der Waals surface area contributed by atoms with Gasteiger partial charge in [0.05, 0.1) is 42.9 Å². The van der Waals surface area contributed by atoms with Gasteiger partial charge in [-0.15, -0.1) is 0 Å². The minimum atomic E-state index is -1.94. The highest BCUT2D eigenvalue weighted by Crippen LogP contribution is 2.72. The molecule has 5 aliphatic rings. The maximum atomic E-state index is 13.8. The molecule has 5 rings (SSSR count). The van der Waals surface area contributed by atoms with E-state index in [4.69, 9.17) is 28.4 Å². The number of ether oxygens (including phenoxy) is 6.